The van der Waals surface area contributed by atoms with Crippen molar-refractivity contribution < 1.29 is 13.2 Å². The first kappa shape index (κ1) is 17.3. The number of halogens is 4. The topological polar surface area (TPSA) is 12.0 Å². The average molecular weight is 308 g/mol. The number of nitrogens with one attached hydrogen (secondary N) is 1. The minimum absolute atomic E-state index is 0.0731. The zero-order valence-corrected chi connectivity index (χ0v) is 12.6. The van der Waals surface area contributed by atoms with Crippen molar-refractivity contribution in [3.63, 3.8) is 0 Å². The molecule has 0 amide bonds. The zero-order chi connectivity index (χ0) is 15.2. The van der Waals surface area contributed by atoms with Crippen LogP contribution in [0.15, 0.2) is 18.2 Å². The van der Waals surface area contributed by atoms with Crippen molar-refractivity contribution in [1.82, 2.24) is 5.32 Å². The van der Waals surface area contributed by atoms with Gasteiger partial charge in [-0.1, -0.05) is 24.6 Å². The monoisotopic (exact) mass is 307 g/mol. The van der Waals surface area contributed by atoms with Gasteiger partial charge >= 0.3 is 6.18 Å². The molecule has 1 N–H and O–H groups in total. The van der Waals surface area contributed by atoms with Crippen molar-refractivity contribution in [2.75, 3.05) is 6.54 Å². The predicted octanol–water partition coefficient (Wildman–Crippen LogP) is 5.42. The summed E-state index contributed by atoms with van der Waals surface area (Å²) >= 11 is 5.99. The fraction of sp³-hybridized carbons (Fsp3) is 0.600. The van der Waals surface area contributed by atoms with Gasteiger partial charge in [0.1, 0.15) is 0 Å². The van der Waals surface area contributed by atoms with Gasteiger partial charge < -0.3 is 5.32 Å². The lowest BCUT2D eigenvalue weighted by Gasteiger charge is -2.21. The molecule has 0 heterocycles. The molecular formula is C15H21ClF3N. The van der Waals surface area contributed by atoms with Gasteiger partial charge in [0, 0.05) is 17.5 Å². The average Bonchev–Trinajstić information content (AvgIpc) is 2.35. The lowest BCUT2D eigenvalue weighted by Crippen LogP contribution is -2.23. The van der Waals surface area contributed by atoms with Crippen molar-refractivity contribution in [1.29, 1.82) is 0 Å². The predicted molar refractivity (Wildman–Crippen MR) is 77.1 cm³/mol. The minimum Gasteiger partial charge on any atom is -0.310 e. The van der Waals surface area contributed by atoms with Crippen LogP contribution in [0.5, 0.6) is 0 Å². The van der Waals surface area contributed by atoms with Crippen LogP contribution in [0, 0.1) is 6.92 Å². The van der Waals surface area contributed by atoms with Crippen LogP contribution in [-0.4, -0.2) is 12.7 Å². The molecule has 0 bridgehead atoms. The molecule has 0 saturated carbocycles. The molecule has 0 aliphatic heterocycles. The third-order valence-electron chi connectivity index (χ3n) is 3.21. The van der Waals surface area contributed by atoms with E-state index in [4.69, 9.17) is 11.6 Å². The molecule has 5 heteroatoms. The van der Waals surface area contributed by atoms with Crippen molar-refractivity contribution >= 4 is 11.6 Å². The number of hydrogen-bond donors (Lipinski definition) is 1. The number of hydrogen-bond acceptors (Lipinski definition) is 1. The zero-order valence-electron chi connectivity index (χ0n) is 11.9. The second kappa shape index (κ2) is 7.89. The van der Waals surface area contributed by atoms with E-state index in [2.05, 4.69) is 5.32 Å². The van der Waals surface area contributed by atoms with Crippen molar-refractivity contribution in [2.24, 2.45) is 0 Å². The molecule has 1 atom stereocenters. The van der Waals surface area contributed by atoms with E-state index in [0.29, 0.717) is 11.4 Å². The van der Waals surface area contributed by atoms with Gasteiger partial charge in [-0.15, -0.1) is 0 Å². The van der Waals surface area contributed by atoms with Crippen LogP contribution in [0.4, 0.5) is 13.2 Å². The Bertz CT molecular complexity index is 418. The summed E-state index contributed by atoms with van der Waals surface area (Å²) < 4.78 is 36.8. The van der Waals surface area contributed by atoms with Gasteiger partial charge in [0.2, 0.25) is 0 Å². The Morgan fingerprint density at radius 2 is 2.00 bits per heavy atom. The van der Waals surface area contributed by atoms with E-state index in [-0.39, 0.29) is 12.5 Å². The van der Waals surface area contributed by atoms with Gasteiger partial charge in [-0.3, -0.25) is 0 Å². The standard InChI is InChI=1S/C15H21ClF3N/c1-3-9-20-14(5-4-8-15(17,18)19)13-10-12(16)7-6-11(13)2/h6-7,10,14,20H,3-5,8-9H2,1-2H3. The van der Waals surface area contributed by atoms with Crippen LogP contribution >= 0.6 is 11.6 Å². The maximum Gasteiger partial charge on any atom is 0.389 e. The highest BCUT2D eigenvalue weighted by Gasteiger charge is 2.27. The maximum absolute atomic E-state index is 12.3. The molecule has 0 saturated heterocycles. The molecule has 20 heavy (non-hydrogen) atoms. The molecule has 1 aromatic rings. The minimum atomic E-state index is -4.08. The first-order valence-electron chi connectivity index (χ1n) is 6.89. The van der Waals surface area contributed by atoms with Crippen molar-refractivity contribution in [3.05, 3.63) is 34.3 Å². The molecule has 0 aliphatic rings. The highest BCUT2D eigenvalue weighted by Crippen LogP contribution is 2.29. The van der Waals surface area contributed by atoms with Crippen LogP contribution in [0.2, 0.25) is 5.02 Å². The summed E-state index contributed by atoms with van der Waals surface area (Å²) in [4.78, 5) is 0. The normalized spacial score (nSPS) is 13.5. The molecule has 0 spiro atoms. The molecule has 0 fully saturated rings. The van der Waals surface area contributed by atoms with E-state index in [1.807, 2.05) is 26.0 Å². The van der Waals surface area contributed by atoms with Crippen molar-refractivity contribution in [2.45, 2.75) is 51.7 Å². The largest absolute Gasteiger partial charge is 0.389 e. The Hall–Kier alpha value is -0.740. The molecule has 0 radical (unpaired) electrons. The quantitative estimate of drug-likeness (QED) is 0.709. The third kappa shape index (κ3) is 6.14. The van der Waals surface area contributed by atoms with Gasteiger partial charge in [-0.2, -0.15) is 13.2 Å². The second-order valence-electron chi connectivity index (χ2n) is 5.02. The molecule has 1 nitrogen and oxygen atoms in total. The highest BCUT2D eigenvalue weighted by molar-refractivity contribution is 6.30. The maximum atomic E-state index is 12.3. The van der Waals surface area contributed by atoms with Crippen molar-refractivity contribution in [3.8, 4) is 0 Å². The summed E-state index contributed by atoms with van der Waals surface area (Å²) in [6.07, 6.45) is -3.30. The summed E-state index contributed by atoms with van der Waals surface area (Å²) in [5.74, 6) is 0. The molecule has 1 rings (SSSR count). The summed E-state index contributed by atoms with van der Waals surface area (Å²) in [6.45, 7) is 4.77. The number of alkyl halides is 3. The Morgan fingerprint density at radius 3 is 2.60 bits per heavy atom. The van der Waals surface area contributed by atoms with E-state index in [9.17, 15) is 13.2 Å². The van der Waals surface area contributed by atoms with Gasteiger partial charge in [0.15, 0.2) is 0 Å². The Labute approximate surface area is 123 Å². The van der Waals surface area contributed by atoms with E-state index in [1.54, 1.807) is 6.07 Å². The van der Waals surface area contributed by atoms with Gasteiger partial charge in [0.05, 0.1) is 0 Å². The Balaban J connectivity index is 2.75. The van der Waals surface area contributed by atoms with Crippen LogP contribution in [-0.2, 0) is 0 Å². The first-order chi connectivity index (χ1) is 9.33. The summed E-state index contributed by atoms with van der Waals surface area (Å²) in [5.41, 5.74) is 2.04. The molecular weight excluding hydrogens is 287 g/mol. The van der Waals surface area contributed by atoms with E-state index in [0.717, 1.165) is 24.1 Å². The lowest BCUT2D eigenvalue weighted by atomic mass is 9.96. The summed E-state index contributed by atoms with van der Waals surface area (Å²) in [7, 11) is 0. The number of rotatable bonds is 7. The fourth-order valence-electron chi connectivity index (χ4n) is 2.18. The Morgan fingerprint density at radius 1 is 1.30 bits per heavy atom. The summed E-state index contributed by atoms with van der Waals surface area (Å²) in [5, 5.41) is 3.93. The van der Waals surface area contributed by atoms with E-state index < -0.39 is 12.6 Å². The van der Waals surface area contributed by atoms with Crippen LogP contribution in [0.1, 0.15) is 49.8 Å². The van der Waals surface area contributed by atoms with E-state index in [1.165, 1.54) is 0 Å². The van der Waals surface area contributed by atoms with Crippen LogP contribution < -0.4 is 5.32 Å². The third-order valence-corrected chi connectivity index (χ3v) is 3.45. The first-order valence-corrected chi connectivity index (χ1v) is 7.27. The van der Waals surface area contributed by atoms with Gasteiger partial charge in [-0.05, 0) is 56.0 Å². The van der Waals surface area contributed by atoms with Gasteiger partial charge in [-0.25, -0.2) is 0 Å². The molecule has 0 aromatic heterocycles. The summed E-state index contributed by atoms with van der Waals surface area (Å²) in [6, 6.07) is 5.48. The molecule has 0 aliphatic carbocycles. The molecule has 1 aromatic carbocycles. The Kier molecular flexibility index (Phi) is 6.83. The smallest absolute Gasteiger partial charge is 0.310 e. The number of benzene rings is 1. The van der Waals surface area contributed by atoms with Crippen LogP contribution in [0.3, 0.4) is 0 Å². The number of aryl methyl sites for hydroxylation is 1. The molecule has 114 valence electrons. The van der Waals surface area contributed by atoms with E-state index >= 15 is 0 Å². The second-order valence-corrected chi connectivity index (χ2v) is 5.45. The SMILES string of the molecule is CCCNC(CCCC(F)(F)F)c1cc(Cl)ccc1C. The highest BCUT2D eigenvalue weighted by atomic mass is 35.5. The van der Waals surface area contributed by atoms with Gasteiger partial charge in [0.25, 0.3) is 0 Å². The molecule has 1 unspecified atom stereocenters. The van der Waals surface area contributed by atoms with Crippen LogP contribution in [0.25, 0.3) is 0 Å². The lowest BCUT2D eigenvalue weighted by molar-refractivity contribution is -0.135. The fourth-order valence-corrected chi connectivity index (χ4v) is 2.36.